The first-order valence-corrected chi connectivity index (χ1v) is 13.3. The summed E-state index contributed by atoms with van der Waals surface area (Å²) in [6.45, 7) is 10.1. The van der Waals surface area contributed by atoms with Gasteiger partial charge in [0.05, 0.1) is 6.10 Å². The number of hydrogen-bond donors (Lipinski definition) is 1. The number of ketones is 1. The molecule has 30 heavy (non-hydrogen) atoms. The van der Waals surface area contributed by atoms with Crippen molar-refractivity contribution in [3.8, 4) is 0 Å². The Morgan fingerprint density at radius 2 is 1.77 bits per heavy atom. The SMILES string of the molecule is C[C@H]1C[C@H](C)[C@H]2C[C@H]3CC[C@@H]4[C@@H](C[C@H]5[C@H]4CC(=O)[C@H]4C[C@@H](O)CC[C@@]45C)[C@@H]3CN2C1. The van der Waals surface area contributed by atoms with Crippen LogP contribution in [0.15, 0.2) is 0 Å². The quantitative estimate of drug-likeness (QED) is 0.622. The predicted octanol–water partition coefficient (Wildman–Crippen LogP) is 4.77. The van der Waals surface area contributed by atoms with Gasteiger partial charge in [0.15, 0.2) is 0 Å². The van der Waals surface area contributed by atoms with E-state index in [1.807, 2.05) is 0 Å². The van der Waals surface area contributed by atoms with Gasteiger partial charge in [-0.15, -0.1) is 0 Å². The Morgan fingerprint density at radius 1 is 0.933 bits per heavy atom. The van der Waals surface area contributed by atoms with E-state index in [1.165, 1.54) is 45.2 Å². The van der Waals surface area contributed by atoms with Crippen molar-refractivity contribution in [2.75, 3.05) is 13.1 Å². The van der Waals surface area contributed by atoms with Crippen LogP contribution in [-0.2, 0) is 4.79 Å². The molecule has 3 nitrogen and oxygen atoms in total. The van der Waals surface area contributed by atoms with Gasteiger partial charge in [-0.25, -0.2) is 0 Å². The Balaban J connectivity index is 1.26. The van der Waals surface area contributed by atoms with Gasteiger partial charge in [-0.05, 0) is 104 Å². The minimum atomic E-state index is -0.241. The molecule has 4 saturated carbocycles. The Hall–Kier alpha value is -0.410. The number of carbonyl (C=O) groups is 1. The summed E-state index contributed by atoms with van der Waals surface area (Å²) < 4.78 is 0. The molecule has 1 N–H and O–H groups in total. The molecule has 4 aliphatic carbocycles. The third kappa shape index (κ3) is 2.86. The molecule has 168 valence electrons. The first-order chi connectivity index (χ1) is 14.3. The second kappa shape index (κ2) is 7.04. The highest BCUT2D eigenvalue weighted by molar-refractivity contribution is 5.83. The summed E-state index contributed by atoms with van der Waals surface area (Å²) >= 11 is 0. The normalized spacial score (nSPS) is 58.3. The van der Waals surface area contributed by atoms with Crippen LogP contribution in [0.4, 0.5) is 0 Å². The average Bonchev–Trinajstić information content (AvgIpc) is 3.08. The molecule has 0 amide bonds. The fraction of sp³-hybridized carbons (Fsp3) is 0.963. The maximum Gasteiger partial charge on any atom is 0.136 e. The third-order valence-corrected chi connectivity index (χ3v) is 11.6. The van der Waals surface area contributed by atoms with Crippen LogP contribution in [0.1, 0.15) is 78.6 Å². The van der Waals surface area contributed by atoms with Crippen molar-refractivity contribution in [2.45, 2.75) is 90.7 Å². The Labute approximate surface area is 183 Å². The number of nitrogens with zero attached hydrogens (tertiary/aromatic N) is 1. The number of rotatable bonds is 0. The molecule has 0 aromatic carbocycles. The summed E-state index contributed by atoms with van der Waals surface area (Å²) in [5, 5.41) is 10.3. The van der Waals surface area contributed by atoms with Crippen molar-refractivity contribution in [1.29, 1.82) is 0 Å². The standard InChI is InChI=1S/C27H43NO2/c1-15-8-16(2)25-9-17-4-5-19-20(22(17)14-28(25)13-15)11-23-21(19)12-26(30)24-10-18(29)6-7-27(23,24)3/h15-25,29H,4-14H2,1-3H3/t15-,16-,17+,18-,19+,20+,21-,22+,23-,24+,25+,27+/m0/s1. The Bertz CT molecular complexity index is 707. The first kappa shape index (κ1) is 20.2. The molecular formula is C27H43NO2. The highest BCUT2D eigenvalue weighted by Gasteiger charge is 2.62. The molecule has 12 atom stereocenters. The maximum atomic E-state index is 13.2. The van der Waals surface area contributed by atoms with Crippen molar-refractivity contribution in [2.24, 2.45) is 58.7 Å². The number of carbonyl (C=O) groups excluding carboxylic acids is 1. The molecule has 2 heterocycles. The van der Waals surface area contributed by atoms with Crippen LogP contribution in [0.2, 0.25) is 0 Å². The molecule has 6 fully saturated rings. The van der Waals surface area contributed by atoms with E-state index in [2.05, 4.69) is 25.7 Å². The molecule has 3 heteroatoms. The molecule has 0 aromatic rings. The minimum Gasteiger partial charge on any atom is -0.393 e. The molecule has 0 radical (unpaired) electrons. The van der Waals surface area contributed by atoms with Gasteiger partial charge < -0.3 is 5.11 Å². The van der Waals surface area contributed by atoms with Gasteiger partial charge in [-0.3, -0.25) is 9.69 Å². The zero-order valence-electron chi connectivity index (χ0n) is 19.4. The number of aliphatic hydroxyl groups excluding tert-OH is 1. The fourth-order valence-corrected chi connectivity index (χ4v) is 10.3. The van der Waals surface area contributed by atoms with E-state index < -0.39 is 0 Å². The molecule has 0 aromatic heterocycles. The topological polar surface area (TPSA) is 40.5 Å². The highest BCUT2D eigenvalue weighted by Crippen LogP contribution is 2.66. The lowest BCUT2D eigenvalue weighted by Crippen LogP contribution is -2.57. The molecule has 0 unspecified atom stereocenters. The fourth-order valence-electron chi connectivity index (χ4n) is 10.3. The van der Waals surface area contributed by atoms with Gasteiger partial charge in [0.2, 0.25) is 0 Å². The van der Waals surface area contributed by atoms with E-state index >= 15 is 0 Å². The lowest BCUT2D eigenvalue weighted by molar-refractivity contribution is -0.145. The Morgan fingerprint density at radius 3 is 2.60 bits per heavy atom. The van der Waals surface area contributed by atoms with Crippen molar-refractivity contribution in [1.82, 2.24) is 4.90 Å². The van der Waals surface area contributed by atoms with Crippen molar-refractivity contribution >= 4 is 5.78 Å². The molecule has 2 saturated heterocycles. The van der Waals surface area contributed by atoms with E-state index in [0.29, 0.717) is 11.7 Å². The van der Waals surface area contributed by atoms with Crippen LogP contribution in [0.5, 0.6) is 0 Å². The van der Waals surface area contributed by atoms with Crippen LogP contribution in [0.3, 0.4) is 0 Å². The van der Waals surface area contributed by atoms with Gasteiger partial charge in [0, 0.05) is 31.5 Å². The van der Waals surface area contributed by atoms with E-state index in [-0.39, 0.29) is 17.4 Å². The first-order valence-electron chi connectivity index (χ1n) is 13.3. The van der Waals surface area contributed by atoms with E-state index in [0.717, 1.165) is 73.2 Å². The number of hydrogen-bond acceptors (Lipinski definition) is 3. The van der Waals surface area contributed by atoms with Crippen LogP contribution < -0.4 is 0 Å². The van der Waals surface area contributed by atoms with E-state index in [4.69, 9.17) is 0 Å². The summed E-state index contributed by atoms with van der Waals surface area (Å²) in [6.07, 6.45) is 10.4. The van der Waals surface area contributed by atoms with Crippen molar-refractivity contribution in [3.63, 3.8) is 0 Å². The molecule has 6 rings (SSSR count). The van der Waals surface area contributed by atoms with Gasteiger partial charge in [0.25, 0.3) is 0 Å². The van der Waals surface area contributed by atoms with Gasteiger partial charge in [-0.1, -0.05) is 20.8 Å². The van der Waals surface area contributed by atoms with Gasteiger partial charge in [0.1, 0.15) is 5.78 Å². The number of fused-ring (bicyclic) bond motifs is 8. The monoisotopic (exact) mass is 413 g/mol. The van der Waals surface area contributed by atoms with Crippen LogP contribution >= 0.6 is 0 Å². The molecule has 6 aliphatic rings. The summed E-state index contributed by atoms with van der Waals surface area (Å²) in [6, 6.07) is 0.839. The van der Waals surface area contributed by atoms with Gasteiger partial charge >= 0.3 is 0 Å². The number of piperidine rings is 2. The van der Waals surface area contributed by atoms with E-state index in [1.54, 1.807) is 0 Å². The summed E-state index contributed by atoms with van der Waals surface area (Å²) in [4.78, 5) is 16.1. The number of Topliss-reactive ketones (excluding diaryl/α,β-unsaturated/α-hetero) is 1. The zero-order chi connectivity index (χ0) is 20.8. The lowest BCUT2D eigenvalue weighted by Gasteiger charge is -2.55. The lowest BCUT2D eigenvalue weighted by atomic mass is 9.51. The molecule has 0 bridgehead atoms. The zero-order valence-corrected chi connectivity index (χ0v) is 19.4. The van der Waals surface area contributed by atoms with Crippen molar-refractivity contribution < 1.29 is 9.90 Å². The van der Waals surface area contributed by atoms with Crippen LogP contribution in [0, 0.1) is 58.7 Å². The second-order valence-electron chi connectivity index (χ2n) is 13.1. The predicted molar refractivity (Wildman–Crippen MR) is 119 cm³/mol. The van der Waals surface area contributed by atoms with Crippen LogP contribution in [-0.4, -0.2) is 41.0 Å². The summed E-state index contributed by atoms with van der Waals surface area (Å²) in [7, 11) is 0. The maximum absolute atomic E-state index is 13.2. The second-order valence-corrected chi connectivity index (χ2v) is 13.1. The third-order valence-electron chi connectivity index (χ3n) is 11.6. The van der Waals surface area contributed by atoms with Crippen molar-refractivity contribution in [3.05, 3.63) is 0 Å². The Kier molecular flexibility index (Phi) is 4.75. The number of aliphatic hydroxyl groups is 1. The molecule has 0 spiro atoms. The average molecular weight is 414 g/mol. The molecular weight excluding hydrogens is 370 g/mol. The van der Waals surface area contributed by atoms with E-state index in [9.17, 15) is 9.90 Å². The van der Waals surface area contributed by atoms with Gasteiger partial charge in [-0.2, -0.15) is 0 Å². The molecule has 2 aliphatic heterocycles. The minimum absolute atomic E-state index is 0.137. The summed E-state index contributed by atoms with van der Waals surface area (Å²) in [5.74, 6) is 7.23. The largest absolute Gasteiger partial charge is 0.393 e. The summed E-state index contributed by atoms with van der Waals surface area (Å²) in [5.41, 5.74) is 0.164. The van der Waals surface area contributed by atoms with Crippen LogP contribution in [0.25, 0.3) is 0 Å². The highest BCUT2D eigenvalue weighted by atomic mass is 16.3. The smallest absolute Gasteiger partial charge is 0.136 e.